The highest BCUT2D eigenvalue weighted by atomic mass is 16.5. The average Bonchev–Trinajstić information content (AvgIpc) is 2.63. The summed E-state index contributed by atoms with van der Waals surface area (Å²) in [5.41, 5.74) is 1.97. The van der Waals surface area contributed by atoms with Crippen LogP contribution in [0, 0.1) is 6.92 Å². The molecule has 1 fully saturated rings. The molecule has 0 atom stereocenters. The summed E-state index contributed by atoms with van der Waals surface area (Å²) in [7, 11) is 0. The van der Waals surface area contributed by atoms with Crippen LogP contribution in [-0.4, -0.2) is 40.3 Å². The van der Waals surface area contributed by atoms with Gasteiger partial charge in [0.05, 0.1) is 5.69 Å². The number of nitrogens with one attached hydrogen (secondary N) is 1. The van der Waals surface area contributed by atoms with Crippen LogP contribution in [0.5, 0.6) is 5.88 Å². The van der Waals surface area contributed by atoms with E-state index in [0.717, 1.165) is 24.1 Å². The van der Waals surface area contributed by atoms with Crippen molar-refractivity contribution in [3.63, 3.8) is 0 Å². The first-order valence-electron chi connectivity index (χ1n) is 8.24. The van der Waals surface area contributed by atoms with Crippen molar-refractivity contribution in [2.24, 2.45) is 0 Å². The molecular weight excluding hydrogens is 304 g/mol. The molecule has 0 bridgehead atoms. The fourth-order valence-electron chi connectivity index (χ4n) is 2.68. The van der Waals surface area contributed by atoms with Crippen LogP contribution in [0.2, 0.25) is 0 Å². The number of likely N-dealkylation sites (tertiary alicyclic amines) is 1. The summed E-state index contributed by atoms with van der Waals surface area (Å²) >= 11 is 0. The van der Waals surface area contributed by atoms with Gasteiger partial charge >= 0.3 is 6.03 Å². The Kier molecular flexibility index (Phi) is 5.25. The van der Waals surface area contributed by atoms with E-state index in [1.165, 1.54) is 0 Å². The van der Waals surface area contributed by atoms with Gasteiger partial charge in [-0.3, -0.25) is 0 Å². The average molecular weight is 326 g/mol. The van der Waals surface area contributed by atoms with Gasteiger partial charge in [-0.1, -0.05) is 30.3 Å². The van der Waals surface area contributed by atoms with Crippen molar-refractivity contribution in [1.82, 2.24) is 20.4 Å². The lowest BCUT2D eigenvalue weighted by Gasteiger charge is -2.31. The number of hydrogen-bond donors (Lipinski definition) is 1. The van der Waals surface area contributed by atoms with E-state index in [1.807, 2.05) is 54.3 Å². The maximum absolute atomic E-state index is 12.2. The normalized spacial score (nSPS) is 15.1. The fourth-order valence-corrected chi connectivity index (χ4v) is 2.68. The van der Waals surface area contributed by atoms with Crippen molar-refractivity contribution < 1.29 is 9.53 Å². The van der Waals surface area contributed by atoms with Crippen molar-refractivity contribution >= 4 is 6.03 Å². The van der Waals surface area contributed by atoms with E-state index >= 15 is 0 Å². The first kappa shape index (κ1) is 16.2. The van der Waals surface area contributed by atoms with Crippen molar-refractivity contribution in [2.45, 2.75) is 32.4 Å². The number of rotatable bonds is 4. The molecule has 1 aliphatic rings. The first-order valence-corrected chi connectivity index (χ1v) is 8.24. The van der Waals surface area contributed by atoms with Gasteiger partial charge in [0.1, 0.15) is 6.10 Å². The number of carbonyl (C=O) groups is 1. The molecule has 0 radical (unpaired) electrons. The highest BCUT2D eigenvalue weighted by molar-refractivity contribution is 5.74. The number of piperidine rings is 1. The van der Waals surface area contributed by atoms with E-state index in [2.05, 4.69) is 15.5 Å². The number of aryl methyl sites for hydroxylation is 1. The second kappa shape index (κ2) is 7.77. The third kappa shape index (κ3) is 4.44. The number of hydrogen-bond acceptors (Lipinski definition) is 4. The topological polar surface area (TPSA) is 67.3 Å². The summed E-state index contributed by atoms with van der Waals surface area (Å²) in [4.78, 5) is 14.1. The minimum Gasteiger partial charge on any atom is -0.473 e. The van der Waals surface area contributed by atoms with Crippen LogP contribution in [0.3, 0.4) is 0 Å². The molecule has 0 saturated carbocycles. The first-order chi connectivity index (χ1) is 11.7. The zero-order valence-corrected chi connectivity index (χ0v) is 13.8. The van der Waals surface area contributed by atoms with Gasteiger partial charge in [0.25, 0.3) is 0 Å². The summed E-state index contributed by atoms with van der Waals surface area (Å²) in [6, 6.07) is 13.6. The number of aromatic nitrogens is 2. The van der Waals surface area contributed by atoms with Gasteiger partial charge in [-0.25, -0.2) is 4.79 Å². The molecule has 126 valence electrons. The van der Waals surface area contributed by atoms with Crippen LogP contribution in [0.15, 0.2) is 42.5 Å². The number of benzene rings is 1. The quantitative estimate of drug-likeness (QED) is 0.937. The van der Waals surface area contributed by atoms with Gasteiger partial charge in [-0.05, 0) is 18.6 Å². The molecule has 6 heteroatoms. The van der Waals surface area contributed by atoms with E-state index < -0.39 is 0 Å². The van der Waals surface area contributed by atoms with E-state index in [0.29, 0.717) is 25.5 Å². The van der Waals surface area contributed by atoms with Crippen molar-refractivity contribution in [2.75, 3.05) is 13.1 Å². The number of urea groups is 1. The van der Waals surface area contributed by atoms with E-state index in [4.69, 9.17) is 4.74 Å². The molecule has 2 aromatic rings. The fraction of sp³-hybridized carbons (Fsp3) is 0.389. The maximum Gasteiger partial charge on any atom is 0.317 e. The molecule has 2 amide bonds. The molecule has 3 rings (SSSR count). The second-order valence-electron chi connectivity index (χ2n) is 5.96. The Morgan fingerprint density at radius 3 is 2.58 bits per heavy atom. The standard InChI is InChI=1S/C18H22N4O2/c1-14-7-8-17(21-20-14)24-16-9-11-22(12-10-16)18(23)19-13-15-5-3-2-4-6-15/h2-8,16H,9-13H2,1H3,(H,19,23). The van der Waals surface area contributed by atoms with E-state index in [1.54, 1.807) is 0 Å². The Balaban J connectivity index is 1.42. The molecule has 0 unspecified atom stereocenters. The number of nitrogens with zero attached hydrogens (tertiary/aromatic N) is 3. The second-order valence-corrected chi connectivity index (χ2v) is 5.96. The van der Waals surface area contributed by atoms with Crippen LogP contribution < -0.4 is 10.1 Å². The van der Waals surface area contributed by atoms with Crippen LogP contribution in [-0.2, 0) is 6.54 Å². The Hall–Kier alpha value is -2.63. The van der Waals surface area contributed by atoms with Crippen molar-refractivity contribution in [3.05, 3.63) is 53.7 Å². The SMILES string of the molecule is Cc1ccc(OC2CCN(C(=O)NCc3ccccc3)CC2)nn1. The van der Waals surface area contributed by atoms with Crippen LogP contribution in [0.1, 0.15) is 24.1 Å². The van der Waals surface area contributed by atoms with Gasteiger partial charge in [-0.15, -0.1) is 5.10 Å². The van der Waals surface area contributed by atoms with Gasteiger partial charge < -0.3 is 15.0 Å². The smallest absolute Gasteiger partial charge is 0.317 e. The van der Waals surface area contributed by atoms with Crippen LogP contribution in [0.25, 0.3) is 0 Å². The predicted molar refractivity (Wildman–Crippen MR) is 90.7 cm³/mol. The van der Waals surface area contributed by atoms with Gasteiger partial charge in [-0.2, -0.15) is 5.10 Å². The minimum atomic E-state index is -0.0209. The van der Waals surface area contributed by atoms with Crippen LogP contribution in [0.4, 0.5) is 4.79 Å². The molecule has 1 aromatic heterocycles. The third-order valence-corrected chi connectivity index (χ3v) is 4.08. The predicted octanol–water partition coefficient (Wildman–Crippen LogP) is 2.54. The zero-order valence-electron chi connectivity index (χ0n) is 13.8. The summed E-state index contributed by atoms with van der Waals surface area (Å²) in [5, 5.41) is 11.0. The Bertz CT molecular complexity index is 652. The highest BCUT2D eigenvalue weighted by Crippen LogP contribution is 2.17. The Morgan fingerprint density at radius 1 is 1.17 bits per heavy atom. The Labute approximate surface area is 141 Å². The van der Waals surface area contributed by atoms with Gasteiger partial charge in [0, 0.05) is 38.5 Å². The van der Waals surface area contributed by atoms with E-state index in [-0.39, 0.29) is 12.1 Å². The Morgan fingerprint density at radius 2 is 1.92 bits per heavy atom. The molecule has 1 aliphatic heterocycles. The summed E-state index contributed by atoms with van der Waals surface area (Å²) in [6.45, 7) is 3.81. The highest BCUT2D eigenvalue weighted by Gasteiger charge is 2.24. The number of carbonyl (C=O) groups excluding carboxylic acids is 1. The van der Waals surface area contributed by atoms with Crippen LogP contribution >= 0.6 is 0 Å². The monoisotopic (exact) mass is 326 g/mol. The molecule has 1 aromatic carbocycles. The van der Waals surface area contributed by atoms with Crippen molar-refractivity contribution in [1.29, 1.82) is 0 Å². The summed E-state index contributed by atoms with van der Waals surface area (Å²) in [5.74, 6) is 0.549. The van der Waals surface area contributed by atoms with Crippen molar-refractivity contribution in [3.8, 4) is 5.88 Å². The molecule has 1 N–H and O–H groups in total. The van der Waals surface area contributed by atoms with Gasteiger partial charge in [0.2, 0.25) is 5.88 Å². The molecule has 6 nitrogen and oxygen atoms in total. The molecule has 1 saturated heterocycles. The molecule has 0 spiro atoms. The summed E-state index contributed by atoms with van der Waals surface area (Å²) < 4.78 is 5.84. The number of amides is 2. The maximum atomic E-state index is 12.2. The molecule has 2 heterocycles. The molecule has 24 heavy (non-hydrogen) atoms. The number of ether oxygens (including phenoxy) is 1. The van der Waals surface area contributed by atoms with E-state index in [9.17, 15) is 4.79 Å². The van der Waals surface area contributed by atoms with Gasteiger partial charge in [0.15, 0.2) is 0 Å². The zero-order chi connectivity index (χ0) is 16.8. The lowest BCUT2D eigenvalue weighted by atomic mass is 10.1. The minimum absolute atomic E-state index is 0.0209. The summed E-state index contributed by atoms with van der Waals surface area (Å²) in [6.07, 6.45) is 1.68. The largest absolute Gasteiger partial charge is 0.473 e. The lowest BCUT2D eigenvalue weighted by molar-refractivity contribution is 0.106. The molecular formula is C18H22N4O2. The lowest BCUT2D eigenvalue weighted by Crippen LogP contribution is -2.46. The third-order valence-electron chi connectivity index (χ3n) is 4.08. The molecule has 0 aliphatic carbocycles.